The Hall–Kier alpha value is -7.15. The molecule has 0 saturated heterocycles. The molecule has 334 valence electrons. The van der Waals surface area contributed by atoms with Crippen LogP contribution in [0.3, 0.4) is 0 Å². The van der Waals surface area contributed by atoms with E-state index < -0.39 is 19.0 Å². The van der Waals surface area contributed by atoms with Crippen LogP contribution in [-0.2, 0) is 25.9 Å². The molecule has 0 aliphatic heterocycles. The quantitative estimate of drug-likeness (QED) is 0.0920. The predicted molar refractivity (Wildman–Crippen MR) is 244 cm³/mol. The molecule has 0 fully saturated rings. The second-order valence-corrected chi connectivity index (χ2v) is 14.7. The Bertz CT molecular complexity index is 2870. The first kappa shape index (κ1) is 47.9. The number of anilines is 2. The number of nitrogens with zero attached hydrogens (tertiary/aromatic N) is 8. The Labute approximate surface area is 379 Å². The van der Waals surface area contributed by atoms with Gasteiger partial charge in [0.15, 0.2) is 0 Å². The van der Waals surface area contributed by atoms with Crippen LogP contribution in [0.5, 0.6) is 0 Å². The zero-order valence-electron chi connectivity index (χ0n) is 35.5. The summed E-state index contributed by atoms with van der Waals surface area (Å²) in [6.45, 7) is 8.52. The van der Waals surface area contributed by atoms with Crippen LogP contribution >= 0.6 is 23.2 Å². The van der Waals surface area contributed by atoms with Crippen molar-refractivity contribution in [3.63, 3.8) is 0 Å². The molecule has 8 aromatic rings. The Balaban J connectivity index is 0.000000227. The van der Waals surface area contributed by atoms with Crippen LogP contribution in [0, 0.1) is 27.7 Å². The van der Waals surface area contributed by atoms with Gasteiger partial charge in [0.2, 0.25) is 11.8 Å². The molecule has 6 heterocycles. The summed E-state index contributed by atoms with van der Waals surface area (Å²) in [6.07, 6.45) is 3.93. The highest BCUT2D eigenvalue weighted by atomic mass is 35.5. The molecule has 6 aromatic heterocycles. The van der Waals surface area contributed by atoms with E-state index in [1.807, 2.05) is 82.3 Å². The molecule has 0 saturated carbocycles. The number of halogens is 3. The van der Waals surface area contributed by atoms with E-state index in [9.17, 15) is 14.0 Å². The maximum atomic E-state index is 12.4. The molecular formula is C44H47Cl2FN12O5. The highest BCUT2D eigenvalue weighted by Gasteiger charge is 2.17. The Morgan fingerprint density at radius 3 is 1.62 bits per heavy atom. The number of nitrogen functional groups attached to an aromatic ring is 2. The zero-order valence-corrected chi connectivity index (χ0v) is 36.0. The number of carboxylic acids is 1. The minimum atomic E-state index is -1.21. The fourth-order valence-corrected chi connectivity index (χ4v) is 6.64. The molecule has 0 atom stereocenters. The number of aryl methyl sites for hydroxylation is 4. The molecule has 0 bridgehead atoms. The van der Waals surface area contributed by atoms with Crippen LogP contribution in [0.15, 0.2) is 82.1 Å². The molecule has 0 aliphatic rings. The normalized spacial score (nSPS) is 10.6. The number of benzene rings is 2. The maximum Gasteiger partial charge on any atom is 0.377 e. The van der Waals surface area contributed by atoms with Crippen LogP contribution in [-0.4, -0.2) is 64.4 Å². The number of rotatable bonds is 9. The van der Waals surface area contributed by atoms with Crippen molar-refractivity contribution in [2.24, 2.45) is 5.73 Å². The summed E-state index contributed by atoms with van der Waals surface area (Å²) in [4.78, 5) is 47.9. The Morgan fingerprint density at radius 2 is 1.19 bits per heavy atom. The Kier molecular flexibility index (Phi) is 17.1. The number of amides is 1. The van der Waals surface area contributed by atoms with E-state index in [4.69, 9.17) is 55.9 Å². The number of nitrogens with one attached hydrogen (secondary N) is 1. The van der Waals surface area contributed by atoms with Gasteiger partial charge in [-0.25, -0.2) is 14.8 Å². The number of hydrogen-bond donors (Lipinski definition) is 5. The molecule has 0 unspecified atom stereocenters. The van der Waals surface area contributed by atoms with Crippen molar-refractivity contribution < 1.29 is 29.5 Å². The standard InChI is InChI=1S/C21H19ClN6O2.C13H8ClN3O3.C8H13N3.CH3F.CH4/c1-11-5-18(23)26-12(2)16(11)10-25-21(29)20-27-19(30-28-20)7-13-3-4-17-14(6-13)8-15(22)9-24-17;14-9-5-8-3-7(1-2-10(8)15-6-9)4-11-16-12(13(18)19)17-20-11;1-5-3-8(10)11-6(2)7(5)4-9;1-2;/h3-6,8-9H,7,10H2,1-2H3,(H2,23,26)(H,25,29);1-3,5-6H,4H2,(H,18,19);3H,4,9H2,1-2H3,(H2,10,11);1H3;1H4/i;;;1D;. The van der Waals surface area contributed by atoms with Crippen LogP contribution in [0.2, 0.25) is 10.0 Å². The lowest BCUT2D eigenvalue weighted by Gasteiger charge is -2.10. The number of aromatic nitrogens is 8. The summed E-state index contributed by atoms with van der Waals surface area (Å²) >= 11 is 11.9. The van der Waals surface area contributed by atoms with E-state index in [1.165, 1.54) is 0 Å². The summed E-state index contributed by atoms with van der Waals surface area (Å²) in [5, 5.41) is 21.6. The highest BCUT2D eigenvalue weighted by Crippen LogP contribution is 2.22. The van der Waals surface area contributed by atoms with Gasteiger partial charge in [0.25, 0.3) is 17.6 Å². The van der Waals surface area contributed by atoms with Gasteiger partial charge in [-0.15, -0.1) is 0 Å². The number of carbonyl (C=O) groups excluding carboxylic acids is 1. The van der Waals surface area contributed by atoms with E-state index in [0.29, 0.717) is 53.5 Å². The van der Waals surface area contributed by atoms with Crippen molar-refractivity contribution in [2.45, 2.75) is 61.1 Å². The summed E-state index contributed by atoms with van der Waals surface area (Å²) in [6, 6.07) is 18.7. The molecule has 8 N–H and O–H groups in total. The van der Waals surface area contributed by atoms with Crippen molar-refractivity contribution in [1.29, 1.82) is 0 Å². The second-order valence-electron chi connectivity index (χ2n) is 13.8. The van der Waals surface area contributed by atoms with Gasteiger partial charge in [-0.05, 0) is 115 Å². The number of hydrogen-bond acceptors (Lipinski definition) is 15. The number of nitrogens with two attached hydrogens (primary N) is 3. The summed E-state index contributed by atoms with van der Waals surface area (Å²) in [5.74, 6) is -0.385. The molecule has 2 aromatic carbocycles. The maximum absolute atomic E-state index is 12.4. The van der Waals surface area contributed by atoms with Crippen molar-refractivity contribution in [1.82, 2.24) is 45.5 Å². The zero-order chi connectivity index (χ0) is 46.5. The number of fused-ring (bicyclic) bond motifs is 2. The van der Waals surface area contributed by atoms with Crippen molar-refractivity contribution in [2.75, 3.05) is 18.6 Å². The van der Waals surface area contributed by atoms with Crippen molar-refractivity contribution in [3.05, 3.63) is 151 Å². The summed E-state index contributed by atoms with van der Waals surface area (Å²) in [7, 11) is -1.00. The second kappa shape index (κ2) is 22.8. The molecule has 17 nitrogen and oxygen atoms in total. The average Bonchev–Trinajstić information content (AvgIpc) is 3.91. The van der Waals surface area contributed by atoms with Crippen LogP contribution in [0.25, 0.3) is 21.8 Å². The fourth-order valence-electron chi connectivity index (χ4n) is 6.31. The molecule has 64 heavy (non-hydrogen) atoms. The minimum Gasteiger partial charge on any atom is -0.475 e. The van der Waals surface area contributed by atoms with Gasteiger partial charge in [-0.3, -0.25) is 19.2 Å². The average molecular weight is 915 g/mol. The van der Waals surface area contributed by atoms with E-state index >= 15 is 0 Å². The van der Waals surface area contributed by atoms with E-state index in [-0.39, 0.29) is 25.0 Å². The molecule has 20 heteroatoms. The van der Waals surface area contributed by atoms with Gasteiger partial charge in [0.1, 0.15) is 11.6 Å². The Morgan fingerprint density at radius 1 is 0.734 bits per heavy atom. The highest BCUT2D eigenvalue weighted by molar-refractivity contribution is 6.31. The smallest absolute Gasteiger partial charge is 0.377 e. The minimum absolute atomic E-state index is 0. The molecule has 0 spiro atoms. The number of alkyl halides is 1. The predicted octanol–water partition coefficient (Wildman–Crippen LogP) is 7.91. The number of aromatic carboxylic acids is 1. The first-order valence-electron chi connectivity index (χ1n) is 19.5. The SMILES string of the molecule is C.Cc1cc(N)nc(C)c1CN.Cc1cc(N)nc(C)c1CNC(=O)c1noc(Cc2ccc3ncc(Cl)cc3c2)n1.O=C(O)c1noc(Cc2ccc3ncc(Cl)cc3c2)n1.[2H]CF. The van der Waals surface area contributed by atoms with Gasteiger partial charge in [0.05, 0.1) is 42.4 Å². The van der Waals surface area contributed by atoms with Crippen molar-refractivity contribution in [3.8, 4) is 0 Å². The van der Waals surface area contributed by atoms with Gasteiger partial charge < -0.3 is 36.7 Å². The number of pyridine rings is 4. The van der Waals surface area contributed by atoms with Gasteiger partial charge in [-0.1, -0.05) is 47.9 Å². The van der Waals surface area contributed by atoms with Crippen molar-refractivity contribution >= 4 is 68.5 Å². The lowest BCUT2D eigenvalue weighted by atomic mass is 10.1. The van der Waals surface area contributed by atoms with Crippen LogP contribution in [0.4, 0.5) is 16.0 Å². The van der Waals surface area contributed by atoms with E-state index in [2.05, 4.69) is 45.5 Å². The largest absolute Gasteiger partial charge is 0.475 e. The third kappa shape index (κ3) is 13.2. The van der Waals surface area contributed by atoms with Gasteiger partial charge in [-0.2, -0.15) is 9.97 Å². The molecular weight excluding hydrogens is 866 g/mol. The first-order valence-corrected chi connectivity index (χ1v) is 19.6. The topological polar surface area (TPSA) is 274 Å². The van der Waals surface area contributed by atoms with Gasteiger partial charge in [0, 0.05) is 47.6 Å². The van der Waals surface area contributed by atoms with Gasteiger partial charge >= 0.3 is 5.97 Å². The molecule has 8 rings (SSSR count). The molecule has 0 aliphatic carbocycles. The lowest BCUT2D eigenvalue weighted by molar-refractivity contribution is 0.0679. The third-order valence-corrected chi connectivity index (χ3v) is 9.66. The fraction of sp³-hybridized carbons (Fsp3) is 0.227. The lowest BCUT2D eigenvalue weighted by Crippen LogP contribution is -2.25. The molecule has 1 amide bonds. The van der Waals surface area contributed by atoms with E-state index in [1.54, 1.807) is 18.5 Å². The summed E-state index contributed by atoms with van der Waals surface area (Å²) < 4.78 is 25.6. The third-order valence-electron chi connectivity index (χ3n) is 9.24. The number of carbonyl (C=O) groups is 2. The monoisotopic (exact) mass is 913 g/mol. The van der Waals surface area contributed by atoms with Crippen LogP contribution in [0.1, 0.15) is 86.6 Å². The number of carboxylic acid groups (broad SMARTS) is 1. The molecule has 0 radical (unpaired) electrons. The van der Waals surface area contributed by atoms with Crippen LogP contribution < -0.4 is 22.5 Å². The first-order chi connectivity index (χ1) is 30.6. The van der Waals surface area contributed by atoms with E-state index in [0.717, 1.165) is 66.6 Å². The summed E-state index contributed by atoms with van der Waals surface area (Å²) in [5.41, 5.74) is 26.1.